The van der Waals surface area contributed by atoms with Crippen LogP contribution in [0.5, 0.6) is 0 Å². The molecule has 0 heterocycles. The van der Waals surface area contributed by atoms with E-state index in [2.05, 4.69) is 12.0 Å². The Hall–Kier alpha value is -0.530. The quantitative estimate of drug-likeness (QED) is 0.337. The van der Waals surface area contributed by atoms with Gasteiger partial charge >= 0.3 is 0 Å². The van der Waals surface area contributed by atoms with Gasteiger partial charge in [0.1, 0.15) is 0 Å². The summed E-state index contributed by atoms with van der Waals surface area (Å²) in [4.78, 5) is 0. The summed E-state index contributed by atoms with van der Waals surface area (Å²) in [6.07, 6.45) is 8.48. The van der Waals surface area contributed by atoms with Gasteiger partial charge in [-0.25, -0.2) is 0 Å². The molecule has 10 heavy (non-hydrogen) atoms. The maximum Gasteiger partial charge on any atom is 0.0299 e. The van der Waals surface area contributed by atoms with Crippen molar-refractivity contribution in [1.82, 2.24) is 0 Å². The van der Waals surface area contributed by atoms with Crippen LogP contribution in [0.4, 0.5) is 0 Å². The van der Waals surface area contributed by atoms with Gasteiger partial charge in [-0.15, -0.1) is 0 Å². The lowest BCUT2D eigenvalue weighted by Gasteiger charge is -2.28. The van der Waals surface area contributed by atoms with Crippen molar-refractivity contribution >= 4 is 6.21 Å². The molecule has 0 amide bonds. The molecule has 0 aromatic rings. The van der Waals surface area contributed by atoms with Crippen LogP contribution < -0.4 is 5.84 Å². The number of hydrogen-bond donors (Lipinski definition) is 1. The molecule has 2 heteroatoms. The van der Waals surface area contributed by atoms with Crippen LogP contribution in [0.1, 0.15) is 39.0 Å². The van der Waals surface area contributed by atoms with Crippen molar-refractivity contribution in [3.8, 4) is 0 Å². The second-order valence-electron chi connectivity index (χ2n) is 3.49. The number of hydrogen-bond acceptors (Lipinski definition) is 2. The van der Waals surface area contributed by atoms with Crippen molar-refractivity contribution in [2.75, 3.05) is 0 Å². The second kappa shape index (κ2) is 3.04. The van der Waals surface area contributed by atoms with Crippen LogP contribution in [0.15, 0.2) is 5.10 Å². The highest BCUT2D eigenvalue weighted by Gasteiger charge is 2.24. The Morgan fingerprint density at radius 1 is 1.30 bits per heavy atom. The van der Waals surface area contributed by atoms with E-state index < -0.39 is 0 Å². The summed E-state index contributed by atoms with van der Waals surface area (Å²) in [7, 11) is 0. The molecule has 0 saturated heterocycles. The molecule has 1 saturated carbocycles. The fourth-order valence-corrected chi connectivity index (χ4v) is 1.67. The predicted molar refractivity (Wildman–Crippen MR) is 43.9 cm³/mol. The molecule has 0 unspecified atom stereocenters. The first-order valence-electron chi connectivity index (χ1n) is 4.01. The normalized spacial score (nSPS) is 25.3. The minimum Gasteiger partial charge on any atom is -0.324 e. The first kappa shape index (κ1) is 7.58. The van der Waals surface area contributed by atoms with Crippen molar-refractivity contribution in [1.29, 1.82) is 0 Å². The van der Waals surface area contributed by atoms with Gasteiger partial charge in [0.15, 0.2) is 0 Å². The first-order chi connectivity index (χ1) is 4.77. The zero-order valence-electron chi connectivity index (χ0n) is 6.64. The van der Waals surface area contributed by atoms with E-state index in [1.165, 1.54) is 32.1 Å². The Balaban J connectivity index is 2.48. The largest absolute Gasteiger partial charge is 0.324 e. The third kappa shape index (κ3) is 1.72. The summed E-state index contributed by atoms with van der Waals surface area (Å²) in [5, 5.41) is 3.61. The molecule has 0 aromatic carbocycles. The van der Waals surface area contributed by atoms with Crippen LogP contribution in [0.25, 0.3) is 0 Å². The van der Waals surface area contributed by atoms with Gasteiger partial charge in [0.2, 0.25) is 0 Å². The van der Waals surface area contributed by atoms with E-state index in [4.69, 9.17) is 5.84 Å². The Morgan fingerprint density at radius 2 is 1.90 bits per heavy atom. The monoisotopic (exact) mass is 140 g/mol. The minimum atomic E-state index is 0.312. The fourth-order valence-electron chi connectivity index (χ4n) is 1.67. The van der Waals surface area contributed by atoms with E-state index in [1.807, 2.05) is 6.21 Å². The van der Waals surface area contributed by atoms with Crippen molar-refractivity contribution in [3.63, 3.8) is 0 Å². The molecule has 0 spiro atoms. The van der Waals surface area contributed by atoms with Crippen molar-refractivity contribution in [2.24, 2.45) is 16.4 Å². The minimum absolute atomic E-state index is 0.312. The van der Waals surface area contributed by atoms with Gasteiger partial charge in [0.25, 0.3) is 0 Å². The molecule has 0 aliphatic heterocycles. The predicted octanol–water partition coefficient (Wildman–Crippen LogP) is 1.90. The molecule has 0 radical (unpaired) electrons. The molecule has 1 rings (SSSR count). The highest BCUT2D eigenvalue weighted by molar-refractivity contribution is 5.64. The summed E-state index contributed by atoms with van der Waals surface area (Å²) < 4.78 is 0. The molecular formula is C8H16N2. The number of hydrazone groups is 1. The van der Waals surface area contributed by atoms with Gasteiger partial charge in [-0.3, -0.25) is 0 Å². The number of rotatable bonds is 1. The topological polar surface area (TPSA) is 38.4 Å². The van der Waals surface area contributed by atoms with Crippen molar-refractivity contribution in [3.05, 3.63) is 0 Å². The molecule has 2 N–H and O–H groups in total. The van der Waals surface area contributed by atoms with E-state index >= 15 is 0 Å². The zero-order chi connectivity index (χ0) is 7.45. The zero-order valence-corrected chi connectivity index (χ0v) is 6.64. The third-order valence-corrected chi connectivity index (χ3v) is 2.38. The Kier molecular flexibility index (Phi) is 2.30. The number of nitrogens with zero attached hydrogens (tertiary/aromatic N) is 1. The van der Waals surface area contributed by atoms with Gasteiger partial charge < -0.3 is 5.84 Å². The smallest absolute Gasteiger partial charge is 0.0299 e. The van der Waals surface area contributed by atoms with Crippen molar-refractivity contribution in [2.45, 2.75) is 39.0 Å². The van der Waals surface area contributed by atoms with Crippen LogP contribution in [-0.4, -0.2) is 6.21 Å². The van der Waals surface area contributed by atoms with Gasteiger partial charge in [-0.2, -0.15) is 5.10 Å². The summed E-state index contributed by atoms with van der Waals surface area (Å²) in [6, 6.07) is 0. The molecule has 1 aliphatic carbocycles. The van der Waals surface area contributed by atoms with Gasteiger partial charge in [-0.1, -0.05) is 26.2 Å². The first-order valence-corrected chi connectivity index (χ1v) is 4.01. The van der Waals surface area contributed by atoms with Gasteiger partial charge in [-0.05, 0) is 12.8 Å². The van der Waals surface area contributed by atoms with Gasteiger partial charge in [0, 0.05) is 11.6 Å². The molecule has 58 valence electrons. The van der Waals surface area contributed by atoms with E-state index in [0.717, 1.165) is 0 Å². The standard InChI is InChI=1S/C8H16N2/c1-8(7-10-9)5-3-2-4-6-8/h7H,2-6,9H2,1H3. The van der Waals surface area contributed by atoms with Crippen LogP contribution in [0.2, 0.25) is 0 Å². The lowest BCUT2D eigenvalue weighted by Crippen LogP contribution is -2.22. The van der Waals surface area contributed by atoms with Crippen LogP contribution in [-0.2, 0) is 0 Å². The molecular weight excluding hydrogens is 124 g/mol. The Bertz CT molecular complexity index is 123. The van der Waals surface area contributed by atoms with Crippen LogP contribution >= 0.6 is 0 Å². The summed E-state index contributed by atoms with van der Waals surface area (Å²) in [5.41, 5.74) is 0.312. The van der Waals surface area contributed by atoms with E-state index in [9.17, 15) is 0 Å². The molecule has 0 aromatic heterocycles. The molecule has 1 fully saturated rings. The second-order valence-corrected chi connectivity index (χ2v) is 3.49. The Morgan fingerprint density at radius 3 is 2.40 bits per heavy atom. The van der Waals surface area contributed by atoms with Crippen molar-refractivity contribution < 1.29 is 0 Å². The summed E-state index contributed by atoms with van der Waals surface area (Å²) in [6.45, 7) is 2.24. The lowest BCUT2D eigenvalue weighted by atomic mass is 9.77. The number of nitrogens with two attached hydrogens (primary N) is 1. The maximum absolute atomic E-state index is 5.11. The van der Waals surface area contributed by atoms with E-state index in [0.29, 0.717) is 5.41 Å². The SMILES string of the molecule is CC1(C=NN)CCCCC1. The highest BCUT2D eigenvalue weighted by Crippen LogP contribution is 2.33. The van der Waals surface area contributed by atoms with E-state index in [1.54, 1.807) is 0 Å². The molecule has 2 nitrogen and oxygen atoms in total. The average molecular weight is 140 g/mol. The lowest BCUT2D eigenvalue weighted by molar-refractivity contribution is 0.319. The molecule has 1 aliphatic rings. The Labute approximate surface area is 62.5 Å². The average Bonchev–Trinajstić information content (AvgIpc) is 1.89. The summed E-state index contributed by atoms with van der Waals surface area (Å²) >= 11 is 0. The molecule has 0 atom stereocenters. The van der Waals surface area contributed by atoms with Crippen LogP contribution in [0.3, 0.4) is 0 Å². The van der Waals surface area contributed by atoms with Crippen LogP contribution in [0, 0.1) is 5.41 Å². The highest BCUT2D eigenvalue weighted by atomic mass is 15.1. The fraction of sp³-hybridized carbons (Fsp3) is 0.875. The van der Waals surface area contributed by atoms with Gasteiger partial charge in [0.05, 0.1) is 0 Å². The maximum atomic E-state index is 5.11. The summed E-state index contributed by atoms with van der Waals surface area (Å²) in [5.74, 6) is 5.11. The van der Waals surface area contributed by atoms with E-state index in [-0.39, 0.29) is 0 Å². The molecule has 0 bridgehead atoms. The third-order valence-electron chi connectivity index (χ3n) is 2.38.